The third-order valence-corrected chi connectivity index (χ3v) is 2.00. The maximum absolute atomic E-state index is 5.80. The third kappa shape index (κ3) is 2.42. The molecule has 2 N–H and O–H groups in total. The maximum atomic E-state index is 5.80. The van der Waals surface area contributed by atoms with Crippen molar-refractivity contribution >= 4 is 0 Å². The third-order valence-electron chi connectivity index (χ3n) is 2.00. The molecule has 58 valence electrons. The van der Waals surface area contributed by atoms with E-state index in [9.17, 15) is 0 Å². The summed E-state index contributed by atoms with van der Waals surface area (Å²) in [6.07, 6.45) is 7.60. The van der Waals surface area contributed by atoms with Crippen molar-refractivity contribution < 1.29 is 0 Å². The van der Waals surface area contributed by atoms with Gasteiger partial charge in [-0.2, -0.15) is 0 Å². The van der Waals surface area contributed by atoms with Crippen LogP contribution in [0.2, 0.25) is 0 Å². The molecular formula is C9H17N. The van der Waals surface area contributed by atoms with Crippen molar-refractivity contribution in [2.75, 3.05) is 0 Å². The van der Waals surface area contributed by atoms with E-state index in [1.807, 2.05) is 0 Å². The zero-order chi connectivity index (χ0) is 7.40. The lowest BCUT2D eigenvalue weighted by Crippen LogP contribution is -1.96. The predicted molar refractivity (Wildman–Crippen MR) is 44.6 cm³/mol. The summed E-state index contributed by atoms with van der Waals surface area (Å²) in [5, 5.41) is 0. The zero-order valence-corrected chi connectivity index (χ0v) is 6.82. The molecule has 1 heteroatoms. The molecule has 1 saturated carbocycles. The van der Waals surface area contributed by atoms with Gasteiger partial charge in [-0.05, 0) is 25.7 Å². The molecule has 0 aliphatic heterocycles. The average molecular weight is 139 g/mol. The maximum Gasteiger partial charge on any atom is 0.00726 e. The molecule has 0 spiro atoms. The standard InChI is InChI=1S/C9H17N/c1-2-3-4-5-9(10)8-6-7-8/h2-7,10H2,1H3. The van der Waals surface area contributed by atoms with Crippen molar-refractivity contribution in [3.63, 3.8) is 0 Å². The van der Waals surface area contributed by atoms with E-state index >= 15 is 0 Å². The number of hydrogen-bond donors (Lipinski definition) is 1. The van der Waals surface area contributed by atoms with Crippen LogP contribution in [0, 0.1) is 0 Å². The SMILES string of the molecule is CCCCCC(N)=C1CC1. The van der Waals surface area contributed by atoms with E-state index in [0.717, 1.165) is 6.42 Å². The van der Waals surface area contributed by atoms with E-state index in [0.29, 0.717) is 0 Å². The van der Waals surface area contributed by atoms with E-state index < -0.39 is 0 Å². The van der Waals surface area contributed by atoms with Crippen LogP contribution in [0.25, 0.3) is 0 Å². The second-order valence-electron chi connectivity index (χ2n) is 3.09. The minimum atomic E-state index is 1.14. The molecule has 1 rings (SSSR count). The van der Waals surface area contributed by atoms with Gasteiger partial charge < -0.3 is 5.73 Å². The summed E-state index contributed by atoms with van der Waals surface area (Å²) in [5.41, 5.74) is 8.51. The van der Waals surface area contributed by atoms with E-state index in [1.54, 1.807) is 0 Å². The van der Waals surface area contributed by atoms with Crippen molar-refractivity contribution in [1.82, 2.24) is 0 Å². The topological polar surface area (TPSA) is 26.0 Å². The van der Waals surface area contributed by atoms with Gasteiger partial charge in [0.05, 0.1) is 0 Å². The molecule has 0 radical (unpaired) electrons. The van der Waals surface area contributed by atoms with Crippen molar-refractivity contribution in [1.29, 1.82) is 0 Å². The Kier molecular flexibility index (Phi) is 2.79. The van der Waals surface area contributed by atoms with Crippen LogP contribution in [0.15, 0.2) is 11.3 Å². The molecule has 0 aromatic carbocycles. The van der Waals surface area contributed by atoms with Crippen LogP contribution in [0.4, 0.5) is 0 Å². The van der Waals surface area contributed by atoms with E-state index in [-0.39, 0.29) is 0 Å². The molecule has 0 atom stereocenters. The van der Waals surface area contributed by atoms with Crippen LogP contribution >= 0.6 is 0 Å². The van der Waals surface area contributed by atoms with Crippen molar-refractivity contribution in [3.8, 4) is 0 Å². The van der Waals surface area contributed by atoms with E-state index in [4.69, 9.17) is 5.73 Å². The molecule has 0 saturated heterocycles. The summed E-state index contributed by atoms with van der Waals surface area (Å²) in [6, 6.07) is 0. The van der Waals surface area contributed by atoms with Crippen LogP contribution < -0.4 is 5.73 Å². The summed E-state index contributed by atoms with van der Waals surface area (Å²) in [5.74, 6) is 0. The Morgan fingerprint density at radius 3 is 2.60 bits per heavy atom. The Morgan fingerprint density at radius 2 is 2.10 bits per heavy atom. The summed E-state index contributed by atoms with van der Waals surface area (Å²) in [6.45, 7) is 2.22. The molecular weight excluding hydrogens is 122 g/mol. The number of hydrogen-bond acceptors (Lipinski definition) is 1. The highest BCUT2D eigenvalue weighted by Crippen LogP contribution is 2.31. The van der Waals surface area contributed by atoms with E-state index in [2.05, 4.69) is 6.92 Å². The molecule has 0 aromatic heterocycles. The zero-order valence-electron chi connectivity index (χ0n) is 6.82. The molecule has 1 fully saturated rings. The number of allylic oxidation sites excluding steroid dienone is 2. The van der Waals surface area contributed by atoms with E-state index in [1.165, 1.54) is 43.4 Å². The Morgan fingerprint density at radius 1 is 1.40 bits per heavy atom. The minimum Gasteiger partial charge on any atom is -0.402 e. The van der Waals surface area contributed by atoms with Gasteiger partial charge in [-0.3, -0.25) is 0 Å². The molecule has 0 aromatic rings. The second kappa shape index (κ2) is 3.65. The largest absolute Gasteiger partial charge is 0.402 e. The van der Waals surface area contributed by atoms with Gasteiger partial charge in [0.25, 0.3) is 0 Å². The summed E-state index contributed by atoms with van der Waals surface area (Å²) >= 11 is 0. The fourth-order valence-electron chi connectivity index (χ4n) is 1.13. The Hall–Kier alpha value is -0.460. The van der Waals surface area contributed by atoms with Gasteiger partial charge in [0.15, 0.2) is 0 Å². The first-order valence-electron chi connectivity index (χ1n) is 4.31. The first-order chi connectivity index (χ1) is 4.84. The lowest BCUT2D eigenvalue weighted by atomic mass is 10.1. The van der Waals surface area contributed by atoms with Crippen molar-refractivity contribution in [2.45, 2.75) is 45.4 Å². The van der Waals surface area contributed by atoms with Gasteiger partial charge in [-0.15, -0.1) is 0 Å². The normalized spacial score (nSPS) is 15.5. The Bertz CT molecular complexity index is 130. The number of rotatable bonds is 4. The summed E-state index contributed by atoms with van der Waals surface area (Å²) in [4.78, 5) is 0. The highest BCUT2D eigenvalue weighted by Gasteiger charge is 2.14. The van der Waals surface area contributed by atoms with Crippen LogP contribution in [0.5, 0.6) is 0 Å². The van der Waals surface area contributed by atoms with Crippen LogP contribution in [0.3, 0.4) is 0 Å². The molecule has 0 unspecified atom stereocenters. The number of unbranched alkanes of at least 4 members (excludes halogenated alkanes) is 2. The molecule has 1 aliphatic rings. The predicted octanol–water partition coefficient (Wildman–Crippen LogP) is 2.57. The smallest absolute Gasteiger partial charge is 0.00726 e. The molecule has 0 amide bonds. The van der Waals surface area contributed by atoms with Crippen molar-refractivity contribution in [3.05, 3.63) is 11.3 Å². The monoisotopic (exact) mass is 139 g/mol. The van der Waals surface area contributed by atoms with Gasteiger partial charge in [-0.1, -0.05) is 25.3 Å². The fraction of sp³-hybridized carbons (Fsp3) is 0.778. The van der Waals surface area contributed by atoms with Crippen LogP contribution in [-0.2, 0) is 0 Å². The molecule has 0 heterocycles. The fourth-order valence-corrected chi connectivity index (χ4v) is 1.13. The molecule has 1 aliphatic carbocycles. The summed E-state index contributed by atoms with van der Waals surface area (Å²) < 4.78 is 0. The van der Waals surface area contributed by atoms with Gasteiger partial charge >= 0.3 is 0 Å². The Balaban J connectivity index is 2.07. The van der Waals surface area contributed by atoms with Gasteiger partial charge in [0.2, 0.25) is 0 Å². The van der Waals surface area contributed by atoms with Crippen molar-refractivity contribution in [2.24, 2.45) is 5.73 Å². The second-order valence-corrected chi connectivity index (χ2v) is 3.09. The van der Waals surface area contributed by atoms with Crippen LogP contribution in [0.1, 0.15) is 45.4 Å². The van der Waals surface area contributed by atoms with Crippen LogP contribution in [-0.4, -0.2) is 0 Å². The summed E-state index contributed by atoms with van der Waals surface area (Å²) in [7, 11) is 0. The lowest BCUT2D eigenvalue weighted by Gasteiger charge is -1.98. The minimum absolute atomic E-state index is 1.14. The van der Waals surface area contributed by atoms with Gasteiger partial charge in [-0.25, -0.2) is 0 Å². The number of nitrogens with two attached hydrogens (primary N) is 1. The average Bonchev–Trinajstić information content (AvgIpc) is 2.69. The quantitative estimate of drug-likeness (QED) is 0.595. The lowest BCUT2D eigenvalue weighted by molar-refractivity contribution is 0.708. The molecule has 1 nitrogen and oxygen atoms in total. The first-order valence-corrected chi connectivity index (χ1v) is 4.31. The highest BCUT2D eigenvalue weighted by molar-refractivity contribution is 5.22. The molecule has 0 bridgehead atoms. The van der Waals surface area contributed by atoms with Gasteiger partial charge in [0, 0.05) is 5.70 Å². The molecule has 10 heavy (non-hydrogen) atoms. The first kappa shape index (κ1) is 7.64. The van der Waals surface area contributed by atoms with Gasteiger partial charge in [0.1, 0.15) is 0 Å². The Labute approximate surface area is 63.3 Å². The highest BCUT2D eigenvalue weighted by atomic mass is 14.6.